The molecule has 3 aliphatic rings. The second-order valence-electron chi connectivity index (χ2n) is 11.7. The molecule has 0 radical (unpaired) electrons. The summed E-state index contributed by atoms with van der Waals surface area (Å²) in [5.41, 5.74) is 2.76. The first-order valence-electron chi connectivity index (χ1n) is 15.3. The number of rotatable bonds is 10. The Morgan fingerprint density at radius 1 is 1.09 bits per heavy atom. The van der Waals surface area contributed by atoms with E-state index in [1.807, 2.05) is 61.5 Å². The summed E-state index contributed by atoms with van der Waals surface area (Å²) in [4.78, 5) is 44.5. The third-order valence-electron chi connectivity index (χ3n) is 9.23. The minimum Gasteiger partial charge on any atom is -0.494 e. The molecule has 3 unspecified atom stereocenters. The van der Waals surface area contributed by atoms with Gasteiger partial charge in [0.15, 0.2) is 0 Å². The van der Waals surface area contributed by atoms with Gasteiger partial charge in [0.05, 0.1) is 41.4 Å². The van der Waals surface area contributed by atoms with Crippen molar-refractivity contribution < 1.29 is 24.2 Å². The summed E-state index contributed by atoms with van der Waals surface area (Å²) in [5.74, 6) is -1.72. The van der Waals surface area contributed by atoms with E-state index in [0.717, 1.165) is 5.52 Å². The summed E-state index contributed by atoms with van der Waals surface area (Å²) >= 11 is 5.35. The number of carbonyl (C=O) groups excluding carboxylic acids is 3. The van der Waals surface area contributed by atoms with Gasteiger partial charge in [-0.05, 0) is 55.3 Å². The average molecular weight is 706 g/mol. The standard InChI is InChI=1S/C33H33BrN6O5S/c1-2-45-21-14-12-20(13-15-21)36-30(42)26-27-32(44)40(25(17-41)19-8-4-3-5-9-19)29(33(27)16-22(34)28(26)46-33)31(43)35-18-39-24-11-7-6-10-23(24)37-38-39/h3-15,22,25-29,41H,2,16-18H2,1H3,(H,35,43)(H,36,42)/t22?,25-,26+,27+,28+,29?,33?/m1/s1. The Hall–Kier alpha value is -3.94. The van der Waals surface area contributed by atoms with Gasteiger partial charge in [-0.3, -0.25) is 14.4 Å². The summed E-state index contributed by atoms with van der Waals surface area (Å²) in [6, 6.07) is 22.1. The number of nitrogens with one attached hydrogen (secondary N) is 2. The minimum absolute atomic E-state index is 0.0429. The number of hydrogen-bond acceptors (Lipinski definition) is 8. The number of aliphatic hydroxyl groups is 1. The second kappa shape index (κ2) is 12.3. The number of aromatic nitrogens is 3. The van der Waals surface area contributed by atoms with Crippen LogP contribution < -0.4 is 15.4 Å². The number of carbonyl (C=O) groups is 3. The molecule has 3 N–H and O–H groups in total. The predicted octanol–water partition coefficient (Wildman–Crippen LogP) is 3.74. The van der Waals surface area contributed by atoms with Gasteiger partial charge in [0, 0.05) is 15.8 Å². The number of aliphatic hydroxyl groups excluding tert-OH is 1. The van der Waals surface area contributed by atoms with Crippen molar-refractivity contribution in [2.24, 2.45) is 11.8 Å². The lowest BCUT2D eigenvalue weighted by molar-refractivity contribution is -0.142. The zero-order chi connectivity index (χ0) is 32.0. The summed E-state index contributed by atoms with van der Waals surface area (Å²) < 4.78 is 6.24. The molecule has 1 spiro atoms. The van der Waals surface area contributed by atoms with Crippen molar-refractivity contribution in [3.8, 4) is 5.75 Å². The van der Waals surface area contributed by atoms with Crippen LogP contribution in [0, 0.1) is 11.8 Å². The van der Waals surface area contributed by atoms with E-state index < -0.39 is 28.7 Å². The van der Waals surface area contributed by atoms with Crippen LogP contribution in [0.5, 0.6) is 5.75 Å². The van der Waals surface area contributed by atoms with Crippen LogP contribution in [0.25, 0.3) is 11.0 Å². The monoisotopic (exact) mass is 704 g/mol. The fourth-order valence-electron chi connectivity index (χ4n) is 7.34. The molecule has 3 saturated heterocycles. The molecule has 3 aromatic carbocycles. The SMILES string of the molecule is CCOc1ccc(NC(=O)[C@H]2[C@H]3C(=O)N([C@H](CO)c4ccccc4)C(C(=O)NCn4nnc5ccccc54)C34CC(Br)[C@@H]2S4)cc1. The van der Waals surface area contributed by atoms with Crippen molar-refractivity contribution in [2.75, 3.05) is 18.5 Å². The van der Waals surface area contributed by atoms with Gasteiger partial charge in [-0.15, -0.1) is 16.9 Å². The van der Waals surface area contributed by atoms with Crippen LogP contribution >= 0.6 is 27.7 Å². The first-order valence-corrected chi connectivity index (χ1v) is 17.1. The molecule has 2 bridgehead atoms. The van der Waals surface area contributed by atoms with Crippen molar-refractivity contribution in [3.63, 3.8) is 0 Å². The second-order valence-corrected chi connectivity index (χ2v) is 14.5. The topological polar surface area (TPSA) is 139 Å². The normalized spacial score (nSPS) is 27.1. The van der Waals surface area contributed by atoms with E-state index in [0.29, 0.717) is 35.5 Å². The molecule has 13 heteroatoms. The van der Waals surface area contributed by atoms with Crippen LogP contribution in [0.3, 0.4) is 0 Å². The van der Waals surface area contributed by atoms with Gasteiger partial charge in [-0.1, -0.05) is 63.6 Å². The van der Waals surface area contributed by atoms with E-state index in [4.69, 9.17) is 4.74 Å². The van der Waals surface area contributed by atoms with E-state index in [2.05, 4.69) is 36.9 Å². The molecule has 46 heavy (non-hydrogen) atoms. The van der Waals surface area contributed by atoms with E-state index in [9.17, 15) is 19.5 Å². The van der Waals surface area contributed by atoms with Crippen molar-refractivity contribution in [1.82, 2.24) is 25.2 Å². The highest BCUT2D eigenvalue weighted by Gasteiger charge is 2.76. The molecule has 3 amide bonds. The number of halogens is 1. The van der Waals surface area contributed by atoms with E-state index >= 15 is 0 Å². The molecule has 0 saturated carbocycles. The number of anilines is 1. The third kappa shape index (κ3) is 5.05. The smallest absolute Gasteiger partial charge is 0.245 e. The van der Waals surface area contributed by atoms with Crippen LogP contribution in [0.4, 0.5) is 5.69 Å². The van der Waals surface area contributed by atoms with Crippen molar-refractivity contribution in [3.05, 3.63) is 84.4 Å². The number of para-hydroxylation sites is 1. The van der Waals surface area contributed by atoms with E-state index in [1.165, 1.54) is 16.7 Å². The van der Waals surface area contributed by atoms with Crippen molar-refractivity contribution >= 4 is 62.1 Å². The van der Waals surface area contributed by atoms with Crippen LogP contribution in [0.1, 0.15) is 24.9 Å². The molecule has 3 fully saturated rings. The van der Waals surface area contributed by atoms with Gasteiger partial charge in [-0.25, -0.2) is 4.68 Å². The maximum Gasteiger partial charge on any atom is 0.245 e. The Balaban J connectivity index is 1.23. The highest BCUT2D eigenvalue weighted by molar-refractivity contribution is 9.09. The minimum atomic E-state index is -0.949. The van der Waals surface area contributed by atoms with Gasteiger partial charge in [-0.2, -0.15) is 0 Å². The number of fused-ring (bicyclic) bond motifs is 2. The fraction of sp³-hybridized carbons (Fsp3) is 0.364. The Morgan fingerprint density at radius 2 is 1.83 bits per heavy atom. The molecule has 238 valence electrons. The molecule has 4 heterocycles. The van der Waals surface area contributed by atoms with E-state index in [-0.39, 0.29) is 41.1 Å². The van der Waals surface area contributed by atoms with Gasteiger partial charge in [0.2, 0.25) is 17.7 Å². The first-order chi connectivity index (χ1) is 22.4. The summed E-state index contributed by atoms with van der Waals surface area (Å²) in [7, 11) is 0. The lowest BCUT2D eigenvalue weighted by atomic mass is 9.70. The van der Waals surface area contributed by atoms with Crippen LogP contribution in [-0.4, -0.2) is 76.8 Å². The zero-order valence-corrected chi connectivity index (χ0v) is 27.4. The quantitative estimate of drug-likeness (QED) is 0.212. The summed E-state index contributed by atoms with van der Waals surface area (Å²) in [6.45, 7) is 2.09. The molecule has 3 aliphatic heterocycles. The van der Waals surface area contributed by atoms with Crippen LogP contribution in [0.2, 0.25) is 0 Å². The number of benzene rings is 3. The Kier molecular flexibility index (Phi) is 8.24. The molecule has 0 aliphatic carbocycles. The molecular formula is C33H33BrN6O5S. The predicted molar refractivity (Wildman–Crippen MR) is 177 cm³/mol. The number of ether oxygens (including phenoxy) is 1. The third-order valence-corrected chi connectivity index (χ3v) is 12.4. The maximum absolute atomic E-state index is 14.6. The number of thioether (sulfide) groups is 1. The van der Waals surface area contributed by atoms with Gasteiger partial charge >= 0.3 is 0 Å². The number of likely N-dealkylation sites (tertiary alicyclic amines) is 1. The van der Waals surface area contributed by atoms with Gasteiger partial charge < -0.3 is 25.4 Å². The molecular weight excluding hydrogens is 672 g/mol. The van der Waals surface area contributed by atoms with Crippen LogP contribution in [0.15, 0.2) is 78.9 Å². The largest absolute Gasteiger partial charge is 0.494 e. The van der Waals surface area contributed by atoms with Gasteiger partial charge in [0.25, 0.3) is 0 Å². The highest BCUT2D eigenvalue weighted by atomic mass is 79.9. The lowest BCUT2D eigenvalue weighted by Crippen LogP contribution is -2.55. The number of hydrogen-bond donors (Lipinski definition) is 3. The summed E-state index contributed by atoms with van der Waals surface area (Å²) in [5, 5.41) is 24.9. The molecule has 1 aromatic heterocycles. The lowest BCUT2D eigenvalue weighted by Gasteiger charge is -2.37. The Labute approximate surface area is 278 Å². The first kappa shape index (κ1) is 30.7. The van der Waals surface area contributed by atoms with Crippen LogP contribution in [-0.2, 0) is 21.1 Å². The zero-order valence-electron chi connectivity index (χ0n) is 25.0. The molecule has 4 aromatic rings. The summed E-state index contributed by atoms with van der Waals surface area (Å²) in [6.07, 6.45) is 0.513. The Bertz CT molecular complexity index is 1770. The fourth-order valence-corrected chi connectivity index (χ4v) is 10.9. The van der Waals surface area contributed by atoms with Gasteiger partial charge in [0.1, 0.15) is 24.0 Å². The maximum atomic E-state index is 14.6. The Morgan fingerprint density at radius 3 is 2.57 bits per heavy atom. The van der Waals surface area contributed by atoms with E-state index in [1.54, 1.807) is 28.9 Å². The molecule has 7 rings (SSSR count). The number of alkyl halides is 1. The number of amides is 3. The molecule has 11 nitrogen and oxygen atoms in total. The number of nitrogens with zero attached hydrogens (tertiary/aromatic N) is 4. The average Bonchev–Trinajstić information content (AvgIpc) is 3.79. The molecule has 7 atom stereocenters. The van der Waals surface area contributed by atoms with Crippen molar-refractivity contribution in [1.29, 1.82) is 0 Å². The highest BCUT2D eigenvalue weighted by Crippen LogP contribution is 2.68. The van der Waals surface area contributed by atoms with Crippen molar-refractivity contribution in [2.45, 2.75) is 46.9 Å².